The fraction of sp³-hybridized carbons (Fsp3) is 0.200. The number of amides is 1. The minimum absolute atomic E-state index is 0.363. The van der Waals surface area contributed by atoms with Crippen LogP contribution in [0.15, 0.2) is 42.7 Å². The van der Waals surface area contributed by atoms with Crippen LogP contribution in [0.25, 0.3) is 22.4 Å². The second-order valence-electron chi connectivity index (χ2n) is 6.70. The summed E-state index contributed by atoms with van der Waals surface area (Å²) >= 11 is 0. The van der Waals surface area contributed by atoms with Gasteiger partial charge in [-0.05, 0) is 37.6 Å². The molecule has 1 aromatic carbocycles. The fourth-order valence-electron chi connectivity index (χ4n) is 3.53. The zero-order valence-corrected chi connectivity index (χ0v) is 14.8. The van der Waals surface area contributed by atoms with Crippen LogP contribution in [0.5, 0.6) is 11.5 Å². The van der Waals surface area contributed by atoms with Crippen LogP contribution in [0, 0.1) is 0 Å². The molecule has 3 N–H and O–H groups in total. The third-order valence-electron chi connectivity index (χ3n) is 4.65. The highest BCUT2D eigenvalue weighted by atomic mass is 16.5. The van der Waals surface area contributed by atoms with Crippen molar-refractivity contribution in [1.29, 1.82) is 0 Å². The molecule has 0 bridgehead atoms. The summed E-state index contributed by atoms with van der Waals surface area (Å²) in [5, 5.41) is 0. The maximum Gasteiger partial charge on any atom is 0.265 e. The summed E-state index contributed by atoms with van der Waals surface area (Å²) in [6.45, 7) is 3.93. The van der Waals surface area contributed by atoms with E-state index in [1.54, 1.807) is 19.5 Å². The zero-order valence-electron chi connectivity index (χ0n) is 14.8. The molecule has 0 saturated heterocycles. The van der Waals surface area contributed by atoms with E-state index in [1.807, 2.05) is 44.2 Å². The number of aromatic nitrogens is 2. The van der Waals surface area contributed by atoms with Crippen molar-refractivity contribution in [2.45, 2.75) is 19.4 Å². The molecule has 0 radical (unpaired) electrons. The Morgan fingerprint density at radius 1 is 1.23 bits per heavy atom. The number of primary amides is 1. The number of ether oxygens (including phenoxy) is 2. The third-order valence-corrected chi connectivity index (χ3v) is 4.65. The molecular formula is C20H19N3O3. The summed E-state index contributed by atoms with van der Waals surface area (Å²) in [7, 11) is 1.62. The summed E-state index contributed by atoms with van der Waals surface area (Å²) in [5.41, 5.74) is 9.59. The number of nitrogens with two attached hydrogens (primary N) is 1. The Labute approximate surface area is 151 Å². The van der Waals surface area contributed by atoms with E-state index in [9.17, 15) is 4.79 Å². The largest absolute Gasteiger partial charge is 0.497 e. The molecule has 0 saturated carbocycles. The van der Waals surface area contributed by atoms with Crippen molar-refractivity contribution in [3.8, 4) is 33.9 Å². The topological polar surface area (TPSA) is 90.2 Å². The quantitative estimate of drug-likeness (QED) is 0.757. The van der Waals surface area contributed by atoms with Gasteiger partial charge in [-0.3, -0.25) is 9.78 Å². The Bertz CT molecular complexity index is 1000. The van der Waals surface area contributed by atoms with Crippen molar-refractivity contribution in [3.05, 3.63) is 54.0 Å². The molecule has 0 unspecified atom stereocenters. The van der Waals surface area contributed by atoms with Gasteiger partial charge in [0.2, 0.25) is 0 Å². The summed E-state index contributed by atoms with van der Waals surface area (Å²) in [6, 6.07) is 9.39. The number of nitrogens with one attached hydrogen (secondary N) is 1. The highest BCUT2D eigenvalue weighted by Crippen LogP contribution is 2.49. The first-order valence-corrected chi connectivity index (χ1v) is 8.26. The number of methoxy groups -OCH3 is 1. The molecular weight excluding hydrogens is 330 g/mol. The van der Waals surface area contributed by atoms with E-state index < -0.39 is 11.5 Å². The van der Waals surface area contributed by atoms with Crippen LogP contribution in [0.4, 0.5) is 0 Å². The monoisotopic (exact) mass is 349 g/mol. The van der Waals surface area contributed by atoms with Crippen LogP contribution in [0.3, 0.4) is 0 Å². The van der Waals surface area contributed by atoms with E-state index in [1.165, 1.54) is 0 Å². The maximum atomic E-state index is 12.2. The predicted molar refractivity (Wildman–Crippen MR) is 98.2 cm³/mol. The first-order chi connectivity index (χ1) is 12.4. The number of hydrogen-bond donors (Lipinski definition) is 2. The molecule has 26 heavy (non-hydrogen) atoms. The lowest BCUT2D eigenvalue weighted by Crippen LogP contribution is -2.29. The van der Waals surface area contributed by atoms with Crippen LogP contribution in [0.1, 0.15) is 29.9 Å². The Balaban J connectivity index is 2.04. The number of pyridine rings is 1. The molecule has 3 aromatic rings. The van der Waals surface area contributed by atoms with E-state index in [0.29, 0.717) is 11.4 Å². The van der Waals surface area contributed by atoms with E-state index in [0.717, 1.165) is 33.7 Å². The van der Waals surface area contributed by atoms with Gasteiger partial charge in [0.25, 0.3) is 5.91 Å². The average Bonchev–Trinajstić information content (AvgIpc) is 3.04. The number of benzene rings is 1. The number of carbonyl (C=O) groups is 1. The first-order valence-electron chi connectivity index (χ1n) is 8.26. The van der Waals surface area contributed by atoms with E-state index in [-0.39, 0.29) is 0 Å². The SMILES string of the molecule is COc1ccc(-c2c(C(N)=O)[nH]c3c2C(C)(C)Oc2cnccc2-3)cc1. The van der Waals surface area contributed by atoms with Crippen LogP contribution >= 0.6 is 0 Å². The second kappa shape index (κ2) is 5.62. The summed E-state index contributed by atoms with van der Waals surface area (Å²) in [4.78, 5) is 19.5. The number of aromatic amines is 1. The van der Waals surface area contributed by atoms with E-state index in [2.05, 4.69) is 9.97 Å². The van der Waals surface area contributed by atoms with E-state index >= 15 is 0 Å². The van der Waals surface area contributed by atoms with Gasteiger partial charge < -0.3 is 20.2 Å². The first kappa shape index (κ1) is 16.2. The molecule has 132 valence electrons. The molecule has 6 heteroatoms. The Hall–Kier alpha value is -3.28. The third kappa shape index (κ3) is 2.34. The number of H-pyrrole nitrogens is 1. The van der Waals surface area contributed by atoms with Crippen molar-refractivity contribution in [2.24, 2.45) is 5.73 Å². The predicted octanol–water partition coefficient (Wildman–Crippen LogP) is 3.48. The van der Waals surface area contributed by atoms with Gasteiger partial charge in [0, 0.05) is 22.9 Å². The zero-order chi connectivity index (χ0) is 18.5. The van der Waals surface area contributed by atoms with Crippen LogP contribution in [0.2, 0.25) is 0 Å². The minimum Gasteiger partial charge on any atom is -0.497 e. The Morgan fingerprint density at radius 2 is 1.96 bits per heavy atom. The van der Waals surface area contributed by atoms with Crippen molar-refractivity contribution < 1.29 is 14.3 Å². The lowest BCUT2D eigenvalue weighted by molar-refractivity contribution is 0.0996. The van der Waals surface area contributed by atoms with Gasteiger partial charge in [0.15, 0.2) is 0 Å². The lowest BCUT2D eigenvalue weighted by Gasteiger charge is -2.33. The molecule has 4 rings (SSSR count). The van der Waals surface area contributed by atoms with Gasteiger partial charge in [0.1, 0.15) is 22.8 Å². The average molecular weight is 349 g/mol. The molecule has 0 aliphatic carbocycles. The summed E-state index contributed by atoms with van der Waals surface area (Å²) in [5.74, 6) is 0.894. The Kier molecular flexibility index (Phi) is 3.50. The normalized spacial score (nSPS) is 14.1. The molecule has 0 spiro atoms. The van der Waals surface area contributed by atoms with Crippen molar-refractivity contribution >= 4 is 5.91 Å². The van der Waals surface area contributed by atoms with Crippen LogP contribution < -0.4 is 15.2 Å². The molecule has 1 amide bonds. The van der Waals surface area contributed by atoms with Gasteiger partial charge in [-0.25, -0.2) is 0 Å². The highest BCUT2D eigenvalue weighted by molar-refractivity contribution is 6.02. The number of carbonyl (C=O) groups excluding carboxylic acids is 1. The molecule has 0 fully saturated rings. The number of rotatable bonds is 3. The second-order valence-corrected chi connectivity index (χ2v) is 6.70. The Morgan fingerprint density at radius 3 is 2.62 bits per heavy atom. The van der Waals surface area contributed by atoms with E-state index in [4.69, 9.17) is 15.2 Å². The summed E-state index contributed by atoms with van der Waals surface area (Å²) < 4.78 is 11.4. The van der Waals surface area contributed by atoms with Crippen molar-refractivity contribution in [3.63, 3.8) is 0 Å². The maximum absolute atomic E-state index is 12.2. The number of hydrogen-bond acceptors (Lipinski definition) is 4. The molecule has 0 atom stereocenters. The summed E-state index contributed by atoms with van der Waals surface area (Å²) in [6.07, 6.45) is 3.37. The van der Waals surface area contributed by atoms with Gasteiger partial charge in [-0.1, -0.05) is 12.1 Å². The number of nitrogens with zero attached hydrogens (tertiary/aromatic N) is 1. The van der Waals surface area contributed by atoms with Gasteiger partial charge in [-0.2, -0.15) is 0 Å². The standard InChI is InChI=1S/C20H19N3O3/c1-20(2)16-15(11-4-6-12(25-3)7-5-11)18(19(21)24)23-17(16)13-8-9-22-10-14(13)26-20/h4-10,23H,1-3H3,(H2,21,24). The smallest absolute Gasteiger partial charge is 0.265 e. The number of fused-ring (bicyclic) bond motifs is 3. The van der Waals surface area contributed by atoms with Gasteiger partial charge in [-0.15, -0.1) is 0 Å². The highest BCUT2D eigenvalue weighted by Gasteiger charge is 2.39. The van der Waals surface area contributed by atoms with Gasteiger partial charge in [0.05, 0.1) is 19.0 Å². The van der Waals surface area contributed by atoms with Crippen molar-refractivity contribution in [1.82, 2.24) is 9.97 Å². The van der Waals surface area contributed by atoms with Crippen molar-refractivity contribution in [2.75, 3.05) is 7.11 Å². The van der Waals surface area contributed by atoms with Crippen LogP contribution in [-0.2, 0) is 5.60 Å². The fourth-order valence-corrected chi connectivity index (χ4v) is 3.53. The van der Waals surface area contributed by atoms with Crippen LogP contribution in [-0.4, -0.2) is 23.0 Å². The molecule has 6 nitrogen and oxygen atoms in total. The molecule has 2 aromatic heterocycles. The minimum atomic E-state index is -0.662. The lowest BCUT2D eigenvalue weighted by atomic mass is 9.86. The molecule has 1 aliphatic heterocycles. The van der Waals surface area contributed by atoms with Gasteiger partial charge >= 0.3 is 0 Å². The molecule has 1 aliphatic rings. The molecule has 3 heterocycles.